The minimum Gasteiger partial charge on any atom is -0.478 e. The lowest BCUT2D eigenvalue weighted by molar-refractivity contribution is 0.0697. The molecule has 6 heteroatoms. The molecule has 1 saturated heterocycles. The van der Waals surface area contributed by atoms with Crippen molar-refractivity contribution in [2.45, 2.75) is 58.4 Å². The van der Waals surface area contributed by atoms with Crippen LogP contribution in [0, 0.1) is 0 Å². The summed E-state index contributed by atoms with van der Waals surface area (Å²) in [5.74, 6) is -0.313. The summed E-state index contributed by atoms with van der Waals surface area (Å²) in [6.45, 7) is 8.55. The Labute approximate surface area is 227 Å². The van der Waals surface area contributed by atoms with Crippen LogP contribution in [0.2, 0.25) is 0 Å². The normalized spacial score (nSPS) is 19.3. The molecule has 0 spiro atoms. The second-order valence-corrected chi connectivity index (χ2v) is 11.3. The van der Waals surface area contributed by atoms with Crippen LogP contribution in [-0.4, -0.2) is 78.3 Å². The van der Waals surface area contributed by atoms with Gasteiger partial charge in [0.15, 0.2) is 0 Å². The fourth-order valence-electron chi connectivity index (χ4n) is 6.95. The third-order valence-corrected chi connectivity index (χ3v) is 8.96. The molecule has 6 rings (SSSR count). The first-order chi connectivity index (χ1) is 18.1. The van der Waals surface area contributed by atoms with E-state index in [2.05, 4.69) is 56.6 Å². The molecular weight excluding hydrogens is 472 g/mol. The van der Waals surface area contributed by atoms with Crippen molar-refractivity contribution >= 4 is 22.6 Å². The Kier molecular flexibility index (Phi) is 8.10. The number of benzene rings is 2. The molecule has 2 aromatic carbocycles. The van der Waals surface area contributed by atoms with Crippen LogP contribution >= 0.6 is 0 Å². The van der Waals surface area contributed by atoms with Crippen LogP contribution in [0.3, 0.4) is 0 Å². The monoisotopic (exact) mass is 516 g/mol. The Balaban J connectivity index is 0.00000294. The maximum absolute atomic E-state index is 11.9. The number of para-hydroxylation sites is 1. The van der Waals surface area contributed by atoms with Crippen molar-refractivity contribution in [2.24, 2.45) is 0 Å². The lowest BCUT2D eigenvalue weighted by Crippen LogP contribution is -2.38. The minimum absolute atomic E-state index is 0. The van der Waals surface area contributed by atoms with E-state index in [-0.39, 0.29) is 7.43 Å². The van der Waals surface area contributed by atoms with Crippen LogP contribution in [0.15, 0.2) is 42.5 Å². The van der Waals surface area contributed by atoms with Crippen LogP contribution in [-0.2, 0) is 6.54 Å². The number of carboxylic acids is 1. The van der Waals surface area contributed by atoms with Gasteiger partial charge >= 0.3 is 5.97 Å². The van der Waals surface area contributed by atoms with Crippen LogP contribution in [0.5, 0.6) is 0 Å². The van der Waals surface area contributed by atoms with Crippen LogP contribution in [0.4, 0.5) is 5.69 Å². The summed E-state index contributed by atoms with van der Waals surface area (Å²) >= 11 is 0. The van der Waals surface area contributed by atoms with Gasteiger partial charge in [-0.25, -0.2) is 4.79 Å². The Morgan fingerprint density at radius 3 is 2.53 bits per heavy atom. The minimum atomic E-state index is -0.851. The van der Waals surface area contributed by atoms with E-state index in [0.717, 1.165) is 44.8 Å². The zero-order chi connectivity index (χ0) is 25.4. The van der Waals surface area contributed by atoms with E-state index in [1.807, 2.05) is 6.07 Å². The van der Waals surface area contributed by atoms with Gasteiger partial charge in [-0.15, -0.1) is 0 Å². The van der Waals surface area contributed by atoms with Crippen molar-refractivity contribution in [1.82, 2.24) is 14.4 Å². The van der Waals surface area contributed by atoms with Gasteiger partial charge in [-0.05, 0) is 69.1 Å². The molecule has 204 valence electrons. The number of aromatic carboxylic acids is 1. The average molecular weight is 517 g/mol. The predicted octanol–water partition coefficient (Wildman–Crippen LogP) is 6.15. The van der Waals surface area contributed by atoms with Crippen LogP contribution < -0.4 is 4.90 Å². The molecule has 2 fully saturated rings. The molecule has 2 aliphatic heterocycles. The Bertz CT molecular complexity index is 1280. The SMILES string of the molecule is C.CN1CCCN(CCN2CCn3c(c(C4CCCCC4)c4ccc(C(=O)O)cc43)-c3ccccc32)CC1. The van der Waals surface area contributed by atoms with E-state index in [1.54, 1.807) is 6.07 Å². The standard InChI is InChI=1S/C31H40N4O2.CH4/c1-32-14-7-15-33(17-16-32)18-19-34-20-21-35-28-22-24(31(36)37)12-13-25(28)29(23-8-3-2-4-9-23)30(35)26-10-5-6-11-27(26)34;/h5-6,10-13,22-23H,2-4,7-9,14-21H2,1H3,(H,36,37);1H4. The number of likely N-dealkylation sites (N-methyl/N-ethyl adjacent to an activating group) is 1. The number of aromatic nitrogens is 1. The highest BCUT2D eigenvalue weighted by atomic mass is 16.4. The van der Waals surface area contributed by atoms with Crippen molar-refractivity contribution in [3.8, 4) is 11.3 Å². The Morgan fingerprint density at radius 2 is 1.71 bits per heavy atom. The molecule has 3 aliphatic rings. The highest BCUT2D eigenvalue weighted by molar-refractivity contribution is 5.99. The molecular formula is C32H44N4O2. The van der Waals surface area contributed by atoms with Crippen molar-refractivity contribution < 1.29 is 9.90 Å². The highest BCUT2D eigenvalue weighted by Crippen LogP contribution is 2.47. The third-order valence-electron chi connectivity index (χ3n) is 8.96. The van der Waals surface area contributed by atoms with Gasteiger partial charge in [0.1, 0.15) is 0 Å². The largest absolute Gasteiger partial charge is 0.478 e. The number of carbonyl (C=O) groups is 1. The molecule has 0 unspecified atom stereocenters. The number of rotatable bonds is 5. The second-order valence-electron chi connectivity index (χ2n) is 11.3. The number of fused-ring (bicyclic) bond motifs is 5. The van der Waals surface area contributed by atoms with Gasteiger partial charge in [0.05, 0.1) is 11.3 Å². The number of nitrogens with zero attached hydrogens (tertiary/aromatic N) is 4. The highest BCUT2D eigenvalue weighted by Gasteiger charge is 2.30. The van der Waals surface area contributed by atoms with E-state index in [0.29, 0.717) is 11.5 Å². The lowest BCUT2D eigenvalue weighted by Gasteiger charge is -2.29. The summed E-state index contributed by atoms with van der Waals surface area (Å²) in [7, 11) is 2.23. The molecule has 1 N–H and O–H groups in total. The molecule has 0 bridgehead atoms. The Morgan fingerprint density at radius 1 is 0.895 bits per heavy atom. The maximum atomic E-state index is 11.9. The predicted molar refractivity (Wildman–Crippen MR) is 158 cm³/mol. The quantitative estimate of drug-likeness (QED) is 0.441. The van der Waals surface area contributed by atoms with Gasteiger partial charge in [-0.1, -0.05) is 51.0 Å². The molecule has 6 nitrogen and oxygen atoms in total. The Hall–Kier alpha value is -2.83. The van der Waals surface area contributed by atoms with Gasteiger partial charge in [0.2, 0.25) is 0 Å². The summed E-state index contributed by atoms with van der Waals surface area (Å²) < 4.78 is 2.45. The van der Waals surface area contributed by atoms with E-state index >= 15 is 0 Å². The van der Waals surface area contributed by atoms with Crippen LogP contribution in [0.1, 0.15) is 67.8 Å². The molecule has 1 aromatic heterocycles. The molecule has 3 heterocycles. The fourth-order valence-corrected chi connectivity index (χ4v) is 6.95. The van der Waals surface area contributed by atoms with E-state index < -0.39 is 5.97 Å². The molecule has 38 heavy (non-hydrogen) atoms. The van der Waals surface area contributed by atoms with Gasteiger partial charge in [0.25, 0.3) is 0 Å². The number of hydrogen-bond acceptors (Lipinski definition) is 4. The first-order valence-electron chi connectivity index (χ1n) is 14.2. The lowest BCUT2D eigenvalue weighted by atomic mass is 9.81. The number of anilines is 1. The summed E-state index contributed by atoms with van der Waals surface area (Å²) in [5, 5.41) is 11.0. The average Bonchev–Trinajstić information content (AvgIpc) is 3.00. The first kappa shape index (κ1) is 26.8. The summed E-state index contributed by atoms with van der Waals surface area (Å²) in [6.07, 6.45) is 7.57. The molecule has 3 aromatic rings. The smallest absolute Gasteiger partial charge is 0.335 e. The van der Waals surface area contributed by atoms with Crippen molar-refractivity contribution in [2.75, 3.05) is 57.8 Å². The molecule has 1 aliphatic carbocycles. The fraction of sp³-hybridized carbons (Fsp3) is 0.531. The molecule has 0 atom stereocenters. The third kappa shape index (κ3) is 5.08. The zero-order valence-electron chi connectivity index (χ0n) is 22.2. The summed E-state index contributed by atoms with van der Waals surface area (Å²) in [6, 6.07) is 14.7. The van der Waals surface area contributed by atoms with Crippen LogP contribution in [0.25, 0.3) is 22.2 Å². The maximum Gasteiger partial charge on any atom is 0.335 e. The second kappa shape index (κ2) is 11.5. The van der Waals surface area contributed by atoms with Gasteiger partial charge in [-0.2, -0.15) is 0 Å². The first-order valence-corrected chi connectivity index (χ1v) is 14.2. The van der Waals surface area contributed by atoms with Gasteiger partial charge < -0.3 is 24.4 Å². The van der Waals surface area contributed by atoms with Crippen molar-refractivity contribution in [3.05, 3.63) is 53.6 Å². The zero-order valence-corrected chi connectivity index (χ0v) is 22.2. The van der Waals surface area contributed by atoms with E-state index in [9.17, 15) is 9.90 Å². The van der Waals surface area contributed by atoms with Gasteiger partial charge in [0, 0.05) is 61.4 Å². The van der Waals surface area contributed by atoms with Gasteiger partial charge in [-0.3, -0.25) is 0 Å². The summed E-state index contributed by atoms with van der Waals surface area (Å²) in [4.78, 5) is 19.5. The van der Waals surface area contributed by atoms with Crippen molar-refractivity contribution in [1.29, 1.82) is 0 Å². The van der Waals surface area contributed by atoms with E-state index in [1.165, 1.54) is 79.5 Å². The topological polar surface area (TPSA) is 52.0 Å². The number of carboxylic acid groups (broad SMARTS) is 1. The van der Waals surface area contributed by atoms with Crippen molar-refractivity contribution in [3.63, 3.8) is 0 Å². The van der Waals surface area contributed by atoms with E-state index in [4.69, 9.17) is 0 Å². The molecule has 0 amide bonds. The molecule has 0 radical (unpaired) electrons. The summed E-state index contributed by atoms with van der Waals surface area (Å²) in [5.41, 5.74) is 6.89. The number of hydrogen-bond donors (Lipinski definition) is 1. The molecule has 1 saturated carbocycles.